The Balaban J connectivity index is 2.55. The number of ether oxygens (including phenoxy) is 1. The number of aliphatic hydroxyl groups excluding tert-OH is 2. The molecule has 0 saturated carbocycles. The van der Waals surface area contributed by atoms with Crippen LogP contribution in [0.4, 0.5) is 0 Å². The van der Waals surface area contributed by atoms with E-state index in [-0.39, 0.29) is 10.8 Å². The van der Waals surface area contributed by atoms with Crippen LogP contribution in [0.15, 0.2) is 43.0 Å². The number of hydrogen-bond donors (Lipinski definition) is 2. The van der Waals surface area contributed by atoms with Crippen molar-refractivity contribution < 1.29 is 14.9 Å². The van der Waals surface area contributed by atoms with E-state index < -0.39 is 20.3 Å². The van der Waals surface area contributed by atoms with Crippen LogP contribution in [0, 0.1) is 0 Å². The van der Waals surface area contributed by atoms with E-state index in [1.165, 1.54) is 5.19 Å². The zero-order valence-corrected chi connectivity index (χ0v) is 14.1. The normalized spacial score (nSPS) is 33.1. The van der Waals surface area contributed by atoms with Gasteiger partial charge in [-0.25, -0.2) is 0 Å². The predicted molar refractivity (Wildman–Crippen MR) is 88.3 cm³/mol. The van der Waals surface area contributed by atoms with E-state index in [1.54, 1.807) is 6.08 Å². The van der Waals surface area contributed by atoms with Gasteiger partial charge in [-0.1, -0.05) is 62.4 Å². The van der Waals surface area contributed by atoms with Gasteiger partial charge in [-0.2, -0.15) is 0 Å². The van der Waals surface area contributed by atoms with Gasteiger partial charge in [-0.05, 0) is 11.1 Å². The average molecular weight is 306 g/mol. The lowest BCUT2D eigenvalue weighted by Gasteiger charge is -2.44. The zero-order valence-electron chi connectivity index (χ0n) is 13.1. The monoisotopic (exact) mass is 306 g/mol. The van der Waals surface area contributed by atoms with Crippen LogP contribution in [0.25, 0.3) is 0 Å². The van der Waals surface area contributed by atoms with E-state index in [0.29, 0.717) is 12.7 Å². The van der Waals surface area contributed by atoms with Gasteiger partial charge in [-0.3, -0.25) is 0 Å². The SMILES string of the molecule is C=CCO[C@@H]1[C@@H](O)[C@@H](O)C[Si@@]1(c1ccccc1)C(C)(C)C. The third kappa shape index (κ3) is 2.73. The molecule has 0 spiro atoms. The first kappa shape index (κ1) is 16.4. The van der Waals surface area contributed by atoms with Gasteiger partial charge < -0.3 is 14.9 Å². The van der Waals surface area contributed by atoms with E-state index in [2.05, 4.69) is 39.5 Å². The molecule has 2 N–H and O–H groups in total. The van der Waals surface area contributed by atoms with Crippen LogP contribution in [0.3, 0.4) is 0 Å². The summed E-state index contributed by atoms with van der Waals surface area (Å²) < 4.78 is 5.97. The van der Waals surface area contributed by atoms with Crippen molar-refractivity contribution in [2.45, 2.75) is 49.8 Å². The largest absolute Gasteiger partial charge is 0.391 e. The molecule has 0 aromatic heterocycles. The molecule has 1 heterocycles. The van der Waals surface area contributed by atoms with Crippen LogP contribution >= 0.6 is 0 Å². The first-order valence-electron chi connectivity index (χ1n) is 7.49. The van der Waals surface area contributed by atoms with Gasteiger partial charge in [0.2, 0.25) is 0 Å². The fraction of sp³-hybridized carbons (Fsp3) is 0.529. The molecule has 1 aliphatic heterocycles. The standard InChI is InChI=1S/C17H26O3Si/c1-5-11-20-16-15(19)14(18)12-21(16,17(2,3)4)13-9-7-6-8-10-13/h5-10,14-16,18-19H,1,11-12H2,2-4H3/t14-,15-,16-,21-/m0/s1. The number of benzene rings is 1. The molecule has 0 radical (unpaired) electrons. The van der Waals surface area contributed by atoms with Crippen molar-refractivity contribution in [1.29, 1.82) is 0 Å². The van der Waals surface area contributed by atoms with Crippen molar-refractivity contribution in [3.05, 3.63) is 43.0 Å². The third-order valence-corrected chi connectivity index (χ3v) is 11.3. The van der Waals surface area contributed by atoms with Crippen LogP contribution in [0.2, 0.25) is 11.1 Å². The number of rotatable bonds is 4. The molecule has 4 heteroatoms. The molecule has 3 nitrogen and oxygen atoms in total. The van der Waals surface area contributed by atoms with Gasteiger partial charge in [-0.15, -0.1) is 6.58 Å². The van der Waals surface area contributed by atoms with Gasteiger partial charge in [0.15, 0.2) is 0 Å². The highest BCUT2D eigenvalue weighted by molar-refractivity contribution is 6.96. The van der Waals surface area contributed by atoms with Gasteiger partial charge in [0, 0.05) is 0 Å². The first-order valence-corrected chi connectivity index (χ1v) is 9.77. The molecule has 4 atom stereocenters. The van der Waals surface area contributed by atoms with Crippen LogP contribution in [0.5, 0.6) is 0 Å². The van der Waals surface area contributed by atoms with E-state index >= 15 is 0 Å². The minimum absolute atomic E-state index is 0.0291. The van der Waals surface area contributed by atoms with Gasteiger partial charge in [0.25, 0.3) is 0 Å². The van der Waals surface area contributed by atoms with Gasteiger partial charge in [0.1, 0.15) is 14.2 Å². The van der Waals surface area contributed by atoms with Crippen LogP contribution in [0.1, 0.15) is 20.8 Å². The van der Waals surface area contributed by atoms with E-state index in [0.717, 1.165) is 0 Å². The van der Waals surface area contributed by atoms with Crippen molar-refractivity contribution in [3.63, 3.8) is 0 Å². The van der Waals surface area contributed by atoms with Gasteiger partial charge in [0.05, 0.1) is 18.4 Å². The second-order valence-corrected chi connectivity index (χ2v) is 11.9. The fourth-order valence-electron chi connectivity index (χ4n) is 3.66. The topological polar surface area (TPSA) is 49.7 Å². The summed E-state index contributed by atoms with van der Waals surface area (Å²) in [5, 5.41) is 22.0. The second kappa shape index (κ2) is 6.05. The van der Waals surface area contributed by atoms with Crippen molar-refractivity contribution in [2.75, 3.05) is 6.61 Å². The molecule has 1 aliphatic rings. The third-order valence-electron chi connectivity index (χ3n) is 4.74. The minimum Gasteiger partial charge on any atom is -0.391 e. The second-order valence-electron chi connectivity index (χ2n) is 6.89. The lowest BCUT2D eigenvalue weighted by molar-refractivity contribution is -0.0319. The molecule has 0 unspecified atom stereocenters. The Morgan fingerprint density at radius 3 is 2.43 bits per heavy atom. The molecular formula is C17H26O3Si. The highest BCUT2D eigenvalue weighted by atomic mass is 28.3. The lowest BCUT2D eigenvalue weighted by Crippen LogP contribution is -2.63. The maximum absolute atomic E-state index is 10.5. The summed E-state index contributed by atoms with van der Waals surface area (Å²) in [6, 6.07) is 10.9. The van der Waals surface area contributed by atoms with Crippen LogP contribution in [-0.2, 0) is 4.74 Å². The molecule has 1 aromatic rings. The maximum atomic E-state index is 10.5. The minimum atomic E-state index is -2.27. The Morgan fingerprint density at radius 1 is 1.29 bits per heavy atom. The van der Waals surface area contributed by atoms with E-state index in [4.69, 9.17) is 4.74 Å². The highest BCUT2D eigenvalue weighted by Gasteiger charge is 2.61. The maximum Gasteiger partial charge on any atom is 0.130 e. The summed E-state index contributed by atoms with van der Waals surface area (Å²) in [6.45, 7) is 10.7. The molecule has 1 aromatic carbocycles. The summed E-state index contributed by atoms with van der Waals surface area (Å²) in [4.78, 5) is 0. The molecule has 0 bridgehead atoms. The van der Waals surface area contributed by atoms with Crippen molar-refractivity contribution in [3.8, 4) is 0 Å². The van der Waals surface area contributed by atoms with E-state index in [9.17, 15) is 10.2 Å². The molecule has 1 saturated heterocycles. The van der Waals surface area contributed by atoms with Gasteiger partial charge >= 0.3 is 0 Å². The van der Waals surface area contributed by atoms with Crippen molar-refractivity contribution in [1.82, 2.24) is 0 Å². The van der Waals surface area contributed by atoms with Crippen LogP contribution < -0.4 is 5.19 Å². The van der Waals surface area contributed by atoms with Crippen molar-refractivity contribution in [2.24, 2.45) is 0 Å². The number of aliphatic hydroxyl groups is 2. The number of hydrogen-bond acceptors (Lipinski definition) is 3. The summed E-state index contributed by atoms with van der Waals surface area (Å²) in [5.74, 6) is 0. The molecule has 116 valence electrons. The summed E-state index contributed by atoms with van der Waals surface area (Å²) in [7, 11) is -2.27. The Labute approximate surface area is 128 Å². The Kier molecular flexibility index (Phi) is 4.73. The zero-order chi connectivity index (χ0) is 15.7. The Hall–Kier alpha value is -0.943. The van der Waals surface area contributed by atoms with E-state index in [1.807, 2.05) is 18.2 Å². The quantitative estimate of drug-likeness (QED) is 0.661. The summed E-state index contributed by atoms with van der Waals surface area (Å²) in [6.07, 6.45) is 0.159. The smallest absolute Gasteiger partial charge is 0.130 e. The summed E-state index contributed by atoms with van der Waals surface area (Å²) in [5.41, 5.74) is -0.312. The predicted octanol–water partition coefficient (Wildman–Crippen LogP) is 1.99. The molecule has 1 fully saturated rings. The Morgan fingerprint density at radius 2 is 1.90 bits per heavy atom. The lowest BCUT2D eigenvalue weighted by atomic mass is 10.2. The fourth-order valence-corrected chi connectivity index (χ4v) is 9.66. The summed E-state index contributed by atoms with van der Waals surface area (Å²) >= 11 is 0. The molecular weight excluding hydrogens is 280 g/mol. The van der Waals surface area contributed by atoms with Crippen LogP contribution in [-0.4, -0.2) is 42.8 Å². The molecule has 2 rings (SSSR count). The van der Waals surface area contributed by atoms with Crippen molar-refractivity contribution >= 4 is 13.3 Å². The average Bonchev–Trinajstić information content (AvgIpc) is 2.70. The highest BCUT2D eigenvalue weighted by Crippen LogP contribution is 2.48. The molecule has 0 aliphatic carbocycles. The Bertz CT molecular complexity index is 483. The molecule has 0 amide bonds. The first-order chi connectivity index (χ1) is 9.84. The molecule has 21 heavy (non-hydrogen) atoms.